The van der Waals surface area contributed by atoms with Gasteiger partial charge in [0.1, 0.15) is 0 Å². The van der Waals surface area contributed by atoms with E-state index >= 15 is 0 Å². The molecule has 1 aromatic heterocycles. The zero-order chi connectivity index (χ0) is 10.1. The number of aromatic carboxylic acids is 1. The lowest BCUT2D eigenvalue weighted by atomic mass is 10.0. The predicted molar refractivity (Wildman–Crippen MR) is 47.2 cm³/mol. The molecule has 0 unspecified atom stereocenters. The van der Waals surface area contributed by atoms with Gasteiger partial charge in [-0.25, -0.2) is 9.59 Å². The summed E-state index contributed by atoms with van der Waals surface area (Å²) in [5.74, 6) is -1.14. The summed E-state index contributed by atoms with van der Waals surface area (Å²) in [5.41, 5.74) is 0.541. The van der Waals surface area contributed by atoms with E-state index in [1.54, 1.807) is 0 Å². The maximum absolute atomic E-state index is 11.0. The van der Waals surface area contributed by atoms with E-state index in [1.165, 1.54) is 0 Å². The van der Waals surface area contributed by atoms with E-state index in [4.69, 9.17) is 5.11 Å². The highest BCUT2D eigenvalue weighted by Gasteiger charge is 2.19. The lowest BCUT2D eigenvalue weighted by Gasteiger charge is -2.16. The van der Waals surface area contributed by atoms with Crippen LogP contribution >= 0.6 is 0 Å². The number of aromatic amines is 1. The Hall–Kier alpha value is -1.69. The average molecular weight is 195 g/mol. The molecular formula is C8H9N3O3. The molecule has 3 N–H and O–H groups in total. The summed E-state index contributed by atoms with van der Waals surface area (Å²) in [6.07, 6.45) is 0.584. The highest BCUT2D eigenvalue weighted by atomic mass is 16.4. The van der Waals surface area contributed by atoms with Gasteiger partial charge >= 0.3 is 11.7 Å². The fourth-order valence-electron chi connectivity index (χ4n) is 1.57. The highest BCUT2D eigenvalue weighted by molar-refractivity contribution is 5.87. The van der Waals surface area contributed by atoms with E-state index < -0.39 is 11.7 Å². The molecule has 1 aliphatic heterocycles. The molecule has 6 nitrogen and oxygen atoms in total. The molecule has 0 aliphatic carbocycles. The van der Waals surface area contributed by atoms with Crippen molar-refractivity contribution < 1.29 is 9.90 Å². The summed E-state index contributed by atoms with van der Waals surface area (Å²) in [6, 6.07) is 0. The van der Waals surface area contributed by atoms with Gasteiger partial charge in [-0.05, 0) is 13.0 Å². The van der Waals surface area contributed by atoms with Crippen molar-refractivity contribution in [3.05, 3.63) is 27.4 Å². The molecule has 0 saturated heterocycles. The number of carboxylic acids is 1. The van der Waals surface area contributed by atoms with Crippen LogP contribution < -0.4 is 11.0 Å². The maximum Gasteiger partial charge on any atom is 0.355 e. The molecule has 0 radical (unpaired) electrons. The summed E-state index contributed by atoms with van der Waals surface area (Å²) in [5, 5.41) is 11.9. The first kappa shape index (κ1) is 8.89. The van der Waals surface area contributed by atoms with Crippen LogP contribution in [0.2, 0.25) is 0 Å². The van der Waals surface area contributed by atoms with Gasteiger partial charge in [-0.15, -0.1) is 0 Å². The zero-order valence-corrected chi connectivity index (χ0v) is 7.33. The molecule has 0 fully saturated rings. The van der Waals surface area contributed by atoms with Crippen LogP contribution in [-0.4, -0.2) is 27.6 Å². The number of aromatic nitrogens is 2. The van der Waals surface area contributed by atoms with Gasteiger partial charge < -0.3 is 15.4 Å². The van der Waals surface area contributed by atoms with Crippen LogP contribution in [-0.2, 0) is 13.0 Å². The number of nitrogens with zero attached hydrogens (tertiary/aromatic N) is 1. The Kier molecular flexibility index (Phi) is 2.05. The van der Waals surface area contributed by atoms with E-state index in [-0.39, 0.29) is 5.69 Å². The Bertz CT molecular complexity index is 438. The third-order valence-corrected chi connectivity index (χ3v) is 2.18. The number of carboxylic acid groups (broad SMARTS) is 1. The van der Waals surface area contributed by atoms with Gasteiger partial charge in [-0.3, -0.25) is 0 Å². The Morgan fingerprint density at radius 3 is 3.00 bits per heavy atom. The van der Waals surface area contributed by atoms with E-state index in [0.717, 1.165) is 0 Å². The summed E-state index contributed by atoms with van der Waals surface area (Å²) < 4.78 is 0. The summed E-state index contributed by atoms with van der Waals surface area (Å²) >= 11 is 0. The quantitative estimate of drug-likeness (QED) is 0.540. The van der Waals surface area contributed by atoms with Gasteiger partial charge in [0.05, 0.1) is 0 Å². The number of fused-ring (bicyclic) bond motifs is 1. The summed E-state index contributed by atoms with van der Waals surface area (Å²) in [6.45, 7) is 1.20. The number of nitrogens with one attached hydrogen (secondary N) is 2. The monoisotopic (exact) mass is 195 g/mol. The molecule has 2 heterocycles. The summed E-state index contributed by atoms with van der Waals surface area (Å²) in [4.78, 5) is 27.8. The van der Waals surface area contributed by atoms with Crippen molar-refractivity contribution in [2.75, 3.05) is 6.54 Å². The second-order valence-corrected chi connectivity index (χ2v) is 3.08. The Morgan fingerprint density at radius 2 is 2.29 bits per heavy atom. The van der Waals surface area contributed by atoms with Crippen LogP contribution in [0.15, 0.2) is 4.79 Å². The van der Waals surface area contributed by atoms with Crippen LogP contribution in [0.3, 0.4) is 0 Å². The Balaban J connectivity index is 2.64. The smallest absolute Gasteiger partial charge is 0.355 e. The molecule has 6 heteroatoms. The second kappa shape index (κ2) is 3.22. The SMILES string of the molecule is O=C(O)c1nc(=O)[nH]c2c1CCNC2. The van der Waals surface area contributed by atoms with Crippen molar-refractivity contribution in [3.8, 4) is 0 Å². The molecule has 0 saturated carbocycles. The normalized spacial score (nSPS) is 14.9. The highest BCUT2D eigenvalue weighted by Crippen LogP contribution is 2.12. The Morgan fingerprint density at radius 1 is 1.50 bits per heavy atom. The molecule has 0 spiro atoms. The van der Waals surface area contributed by atoms with E-state index in [2.05, 4.69) is 15.3 Å². The van der Waals surface area contributed by atoms with E-state index in [1.807, 2.05) is 0 Å². The van der Waals surface area contributed by atoms with Crippen molar-refractivity contribution in [2.45, 2.75) is 13.0 Å². The van der Waals surface area contributed by atoms with Gasteiger partial charge in [0.25, 0.3) is 0 Å². The third kappa shape index (κ3) is 1.39. The van der Waals surface area contributed by atoms with Crippen LogP contribution in [0, 0.1) is 0 Å². The number of hydrogen-bond donors (Lipinski definition) is 3. The standard InChI is InChI=1S/C8H9N3O3/c12-7(13)6-4-1-2-9-3-5(4)10-8(14)11-6/h9H,1-3H2,(H,12,13)(H,10,11,14). The zero-order valence-electron chi connectivity index (χ0n) is 7.33. The molecule has 1 aliphatic rings. The fraction of sp³-hybridized carbons (Fsp3) is 0.375. The van der Waals surface area contributed by atoms with E-state index in [0.29, 0.717) is 30.8 Å². The first-order valence-corrected chi connectivity index (χ1v) is 4.24. The van der Waals surface area contributed by atoms with Crippen LogP contribution in [0.5, 0.6) is 0 Å². The first-order chi connectivity index (χ1) is 6.68. The third-order valence-electron chi connectivity index (χ3n) is 2.18. The number of hydrogen-bond acceptors (Lipinski definition) is 4. The lowest BCUT2D eigenvalue weighted by molar-refractivity contribution is 0.0688. The van der Waals surface area contributed by atoms with Crippen molar-refractivity contribution in [2.24, 2.45) is 0 Å². The van der Waals surface area contributed by atoms with Crippen LogP contribution in [0.25, 0.3) is 0 Å². The van der Waals surface area contributed by atoms with Gasteiger partial charge in [0, 0.05) is 17.8 Å². The largest absolute Gasteiger partial charge is 0.476 e. The minimum atomic E-state index is -1.14. The topological polar surface area (TPSA) is 95.1 Å². The lowest BCUT2D eigenvalue weighted by Crippen LogP contribution is -2.31. The fourth-order valence-corrected chi connectivity index (χ4v) is 1.57. The van der Waals surface area contributed by atoms with Crippen molar-refractivity contribution >= 4 is 5.97 Å². The number of rotatable bonds is 1. The van der Waals surface area contributed by atoms with Crippen molar-refractivity contribution in [3.63, 3.8) is 0 Å². The van der Waals surface area contributed by atoms with Crippen molar-refractivity contribution in [1.29, 1.82) is 0 Å². The molecule has 0 atom stereocenters. The Labute approximate surface area is 79.0 Å². The molecule has 14 heavy (non-hydrogen) atoms. The molecule has 0 amide bonds. The van der Waals surface area contributed by atoms with Crippen LogP contribution in [0.4, 0.5) is 0 Å². The second-order valence-electron chi connectivity index (χ2n) is 3.08. The number of carbonyl (C=O) groups is 1. The molecule has 0 aromatic carbocycles. The molecule has 0 bridgehead atoms. The first-order valence-electron chi connectivity index (χ1n) is 4.24. The maximum atomic E-state index is 11.0. The summed E-state index contributed by atoms with van der Waals surface area (Å²) in [7, 11) is 0. The van der Waals surface area contributed by atoms with Gasteiger partial charge in [-0.2, -0.15) is 4.98 Å². The minimum absolute atomic E-state index is 0.120. The predicted octanol–water partition coefficient (Wildman–Crippen LogP) is -0.886. The van der Waals surface area contributed by atoms with Gasteiger partial charge in [-0.1, -0.05) is 0 Å². The average Bonchev–Trinajstić information content (AvgIpc) is 2.16. The van der Waals surface area contributed by atoms with Crippen molar-refractivity contribution in [1.82, 2.24) is 15.3 Å². The number of H-pyrrole nitrogens is 1. The molecular weight excluding hydrogens is 186 g/mol. The molecule has 1 aromatic rings. The molecule has 2 rings (SSSR count). The molecule has 74 valence electrons. The van der Waals surface area contributed by atoms with Gasteiger partial charge in [0.15, 0.2) is 5.69 Å². The van der Waals surface area contributed by atoms with Gasteiger partial charge in [0.2, 0.25) is 0 Å². The van der Waals surface area contributed by atoms with E-state index in [9.17, 15) is 9.59 Å². The minimum Gasteiger partial charge on any atom is -0.476 e. The van der Waals surface area contributed by atoms with Crippen LogP contribution in [0.1, 0.15) is 21.7 Å².